The number of halogens is 5. The van der Waals surface area contributed by atoms with Crippen LogP contribution in [0.2, 0.25) is 0 Å². The minimum atomic E-state index is -4.45. The van der Waals surface area contributed by atoms with Crippen LogP contribution in [0.25, 0.3) is 0 Å². The lowest BCUT2D eigenvalue weighted by Crippen LogP contribution is -2.49. The average Bonchev–Trinajstić information content (AvgIpc) is 2.35. The zero-order valence-electron chi connectivity index (χ0n) is 10.3. The van der Waals surface area contributed by atoms with Crippen molar-refractivity contribution >= 4 is 31.9 Å². The van der Waals surface area contributed by atoms with Gasteiger partial charge in [-0.2, -0.15) is 13.2 Å². The number of nitrogens with zero attached hydrogens (tertiary/aromatic N) is 1. The minimum Gasteiger partial charge on any atom is -0.506 e. The second-order valence-electron chi connectivity index (χ2n) is 4.56. The van der Waals surface area contributed by atoms with Gasteiger partial charge < -0.3 is 10.4 Å². The number of phenolic OH excluding ortho intramolecular Hbond substituents is 1. The van der Waals surface area contributed by atoms with E-state index in [1.165, 1.54) is 17.0 Å². The summed E-state index contributed by atoms with van der Waals surface area (Å²) in [6, 6.07) is 1.03. The largest absolute Gasteiger partial charge is 0.506 e. The molecule has 0 aromatic heterocycles. The van der Waals surface area contributed by atoms with Gasteiger partial charge in [0.25, 0.3) is 0 Å². The lowest BCUT2D eigenvalue weighted by atomic mass is 10.0. The molecule has 112 valence electrons. The fourth-order valence-corrected chi connectivity index (χ4v) is 3.57. The number of aromatic hydroxyl groups is 1. The van der Waals surface area contributed by atoms with Crippen LogP contribution < -0.4 is 5.32 Å². The molecule has 2 rings (SSSR count). The summed E-state index contributed by atoms with van der Waals surface area (Å²) in [5.74, 6) is -0.367. The van der Waals surface area contributed by atoms with Crippen molar-refractivity contribution in [3.63, 3.8) is 0 Å². The van der Waals surface area contributed by atoms with Crippen LogP contribution in [-0.4, -0.2) is 42.4 Å². The van der Waals surface area contributed by atoms with Crippen molar-refractivity contribution in [1.29, 1.82) is 0 Å². The summed E-state index contributed by atoms with van der Waals surface area (Å²) >= 11 is 6.24. The Kier molecular flexibility index (Phi) is 4.99. The molecule has 8 heteroatoms. The van der Waals surface area contributed by atoms with Gasteiger partial charge in [-0.1, -0.05) is 15.9 Å². The molecule has 1 aliphatic heterocycles. The highest BCUT2D eigenvalue weighted by Gasteiger charge is 2.46. The average molecular weight is 418 g/mol. The number of phenols is 1. The normalized spacial score (nSPS) is 19.1. The molecule has 0 saturated carbocycles. The van der Waals surface area contributed by atoms with Gasteiger partial charge in [-0.15, -0.1) is 0 Å². The summed E-state index contributed by atoms with van der Waals surface area (Å²) in [6.07, 6.45) is -4.45. The Balaban J connectivity index is 2.46. The van der Waals surface area contributed by atoms with Gasteiger partial charge in [0.1, 0.15) is 11.8 Å². The van der Waals surface area contributed by atoms with E-state index in [1.807, 2.05) is 0 Å². The van der Waals surface area contributed by atoms with Gasteiger partial charge in [0.05, 0.1) is 4.47 Å². The van der Waals surface area contributed by atoms with Gasteiger partial charge >= 0.3 is 6.18 Å². The lowest BCUT2D eigenvalue weighted by molar-refractivity contribution is -0.188. The van der Waals surface area contributed by atoms with Crippen molar-refractivity contribution < 1.29 is 18.3 Å². The molecule has 1 aliphatic rings. The molecule has 20 heavy (non-hydrogen) atoms. The summed E-state index contributed by atoms with van der Waals surface area (Å²) in [4.78, 5) is 1.34. The first-order chi connectivity index (χ1) is 9.30. The molecule has 1 saturated heterocycles. The Labute approximate surface area is 131 Å². The molecule has 0 spiro atoms. The number of rotatable bonds is 2. The fourth-order valence-electron chi connectivity index (χ4n) is 2.31. The third-order valence-corrected chi connectivity index (χ3v) is 4.24. The number of alkyl halides is 3. The van der Waals surface area contributed by atoms with E-state index in [-0.39, 0.29) is 28.9 Å². The topological polar surface area (TPSA) is 35.5 Å². The van der Waals surface area contributed by atoms with Gasteiger partial charge in [0, 0.05) is 36.2 Å². The maximum atomic E-state index is 13.4. The van der Waals surface area contributed by atoms with Gasteiger partial charge in [-0.3, -0.25) is 4.90 Å². The summed E-state index contributed by atoms with van der Waals surface area (Å²) in [6.45, 7) is 1.58. The standard InChI is InChI=1S/C12H13Br2F3N2O/c13-7-5-8(10(20)9(14)6-7)11(12(15,16)17)19-3-1-18-2-4-19/h5-6,11,18,20H,1-4H2/t11-/m0/s1. The maximum Gasteiger partial charge on any atom is 0.408 e. The Hall–Kier alpha value is -0.310. The van der Waals surface area contributed by atoms with Gasteiger partial charge in [0.2, 0.25) is 0 Å². The molecular weight excluding hydrogens is 405 g/mol. The molecule has 0 unspecified atom stereocenters. The number of hydrogen-bond donors (Lipinski definition) is 2. The van der Waals surface area contributed by atoms with E-state index >= 15 is 0 Å². The monoisotopic (exact) mass is 416 g/mol. The Morgan fingerprint density at radius 3 is 2.35 bits per heavy atom. The molecular formula is C12H13Br2F3N2O. The predicted molar refractivity (Wildman–Crippen MR) is 76.7 cm³/mol. The molecule has 1 aromatic carbocycles. The van der Waals surface area contributed by atoms with Crippen LogP contribution in [-0.2, 0) is 0 Å². The van der Waals surface area contributed by atoms with Gasteiger partial charge in [0.15, 0.2) is 0 Å². The summed E-state index contributed by atoms with van der Waals surface area (Å²) in [5.41, 5.74) is -0.138. The van der Waals surface area contributed by atoms with E-state index in [9.17, 15) is 18.3 Å². The smallest absolute Gasteiger partial charge is 0.408 e. The number of benzene rings is 1. The van der Waals surface area contributed by atoms with Crippen LogP contribution in [0, 0.1) is 0 Å². The molecule has 3 nitrogen and oxygen atoms in total. The Bertz CT molecular complexity index is 490. The van der Waals surface area contributed by atoms with Crippen LogP contribution >= 0.6 is 31.9 Å². The first-order valence-electron chi connectivity index (χ1n) is 6.00. The number of nitrogens with one attached hydrogen (secondary N) is 1. The van der Waals surface area contributed by atoms with E-state index in [0.717, 1.165) is 0 Å². The van der Waals surface area contributed by atoms with Crippen LogP contribution in [0.4, 0.5) is 13.2 Å². The molecule has 1 aromatic rings. The third-order valence-electron chi connectivity index (χ3n) is 3.18. The molecule has 0 amide bonds. The molecule has 0 aliphatic carbocycles. The SMILES string of the molecule is Oc1c(Br)cc(Br)cc1[C@H](N1CCNCC1)C(F)(F)F. The lowest BCUT2D eigenvalue weighted by Gasteiger charge is -2.36. The zero-order valence-corrected chi connectivity index (χ0v) is 13.5. The third kappa shape index (κ3) is 3.47. The number of piperazine rings is 1. The molecule has 2 N–H and O–H groups in total. The second-order valence-corrected chi connectivity index (χ2v) is 6.33. The molecule has 1 heterocycles. The van der Waals surface area contributed by atoms with Crippen molar-refractivity contribution in [3.05, 3.63) is 26.6 Å². The molecule has 1 atom stereocenters. The Morgan fingerprint density at radius 1 is 1.20 bits per heavy atom. The Morgan fingerprint density at radius 2 is 1.80 bits per heavy atom. The van der Waals surface area contributed by atoms with E-state index in [2.05, 4.69) is 37.2 Å². The van der Waals surface area contributed by atoms with E-state index < -0.39 is 12.2 Å². The summed E-state index contributed by atoms with van der Waals surface area (Å²) in [7, 11) is 0. The van der Waals surface area contributed by atoms with E-state index in [1.54, 1.807) is 0 Å². The highest BCUT2D eigenvalue weighted by molar-refractivity contribution is 9.11. The van der Waals surface area contributed by atoms with E-state index in [4.69, 9.17) is 0 Å². The van der Waals surface area contributed by atoms with Gasteiger partial charge in [-0.05, 0) is 28.1 Å². The van der Waals surface area contributed by atoms with Crippen LogP contribution in [0.5, 0.6) is 5.75 Å². The van der Waals surface area contributed by atoms with Crippen LogP contribution in [0.1, 0.15) is 11.6 Å². The van der Waals surface area contributed by atoms with Crippen LogP contribution in [0.15, 0.2) is 21.1 Å². The van der Waals surface area contributed by atoms with Crippen molar-refractivity contribution in [1.82, 2.24) is 10.2 Å². The summed E-state index contributed by atoms with van der Waals surface area (Å²) < 4.78 is 41.0. The fraction of sp³-hybridized carbons (Fsp3) is 0.500. The first-order valence-corrected chi connectivity index (χ1v) is 7.58. The highest BCUT2D eigenvalue weighted by atomic mass is 79.9. The molecule has 0 bridgehead atoms. The highest BCUT2D eigenvalue weighted by Crippen LogP contribution is 2.44. The van der Waals surface area contributed by atoms with E-state index in [0.29, 0.717) is 17.6 Å². The second kappa shape index (κ2) is 6.21. The number of hydrogen-bond acceptors (Lipinski definition) is 3. The van der Waals surface area contributed by atoms with Crippen molar-refractivity contribution in [2.24, 2.45) is 0 Å². The van der Waals surface area contributed by atoms with Crippen molar-refractivity contribution in [3.8, 4) is 5.75 Å². The predicted octanol–water partition coefficient (Wildman–Crippen LogP) is 3.43. The minimum absolute atomic E-state index is 0.138. The molecule has 0 radical (unpaired) electrons. The van der Waals surface area contributed by atoms with Gasteiger partial charge in [-0.25, -0.2) is 0 Å². The molecule has 1 fully saturated rings. The maximum absolute atomic E-state index is 13.4. The quantitative estimate of drug-likeness (QED) is 0.773. The zero-order chi connectivity index (χ0) is 14.9. The van der Waals surface area contributed by atoms with Crippen molar-refractivity contribution in [2.75, 3.05) is 26.2 Å². The summed E-state index contributed by atoms with van der Waals surface area (Å²) in [5, 5.41) is 13.0. The van der Waals surface area contributed by atoms with Crippen molar-refractivity contribution in [2.45, 2.75) is 12.2 Å². The van der Waals surface area contributed by atoms with Crippen LogP contribution in [0.3, 0.4) is 0 Å². The first kappa shape index (κ1) is 16.1.